The maximum atomic E-state index is 12.9. The molecule has 4 heteroatoms. The van der Waals surface area contributed by atoms with Crippen LogP contribution < -0.4 is 5.43 Å². The Morgan fingerprint density at radius 1 is 0.724 bits per heavy atom. The van der Waals surface area contributed by atoms with Crippen LogP contribution in [0.3, 0.4) is 0 Å². The number of benzene rings is 3. The average Bonchev–Trinajstić information content (AvgIpc) is 2.78. The molecule has 0 radical (unpaired) electrons. The lowest BCUT2D eigenvalue weighted by atomic mass is 10.1. The highest BCUT2D eigenvalue weighted by Crippen LogP contribution is 2.23. The molecule has 0 saturated carbocycles. The number of aryl methyl sites for hydroxylation is 2. The fourth-order valence-electron chi connectivity index (χ4n) is 3.69. The number of hydrogen-bond acceptors (Lipinski definition) is 3. The molecule has 29 heavy (non-hydrogen) atoms. The number of pyridine rings is 1. The maximum Gasteiger partial charge on any atom is 0.210 e. The Morgan fingerprint density at radius 2 is 1.34 bits per heavy atom. The summed E-state index contributed by atoms with van der Waals surface area (Å²) in [6, 6.07) is 29.7. The molecular weight excluding hydrogens is 358 g/mol. The normalized spacial score (nSPS) is 11.2. The van der Waals surface area contributed by atoms with Gasteiger partial charge in [0, 0.05) is 12.6 Å². The molecule has 0 aliphatic carbocycles. The first-order chi connectivity index (χ1) is 14.3. The van der Waals surface area contributed by atoms with Crippen molar-refractivity contribution in [3.05, 3.63) is 107 Å². The van der Waals surface area contributed by atoms with Crippen LogP contribution in [-0.4, -0.2) is 14.5 Å². The molecule has 5 aromatic rings. The minimum Gasteiger partial charge on any atom is -0.323 e. The van der Waals surface area contributed by atoms with Gasteiger partial charge in [-0.1, -0.05) is 72.8 Å². The van der Waals surface area contributed by atoms with Gasteiger partial charge in [0.05, 0.1) is 16.7 Å². The molecule has 0 aliphatic rings. The van der Waals surface area contributed by atoms with Crippen LogP contribution in [0.25, 0.3) is 33.5 Å². The van der Waals surface area contributed by atoms with Crippen LogP contribution in [0.4, 0.5) is 0 Å². The van der Waals surface area contributed by atoms with Gasteiger partial charge in [0.25, 0.3) is 0 Å². The molecule has 4 nitrogen and oxygen atoms in total. The predicted octanol–water partition coefficient (Wildman–Crippen LogP) is 4.85. The SMILES string of the molecule is O=c1cc(-c2ccccc2)n(CCc2ccccc2)c2nc3ccccc3nc12. The van der Waals surface area contributed by atoms with Gasteiger partial charge in [-0.3, -0.25) is 4.79 Å². The standard InChI is InChI=1S/C25H19N3O/c29-23-17-22(19-11-5-2-6-12-19)28(16-15-18-9-3-1-4-10-18)25-24(23)26-20-13-7-8-14-21(20)27-25/h1-14,17H,15-16H2. The molecule has 0 spiro atoms. The lowest BCUT2D eigenvalue weighted by molar-refractivity contribution is 0.716. The highest BCUT2D eigenvalue weighted by molar-refractivity contribution is 5.85. The van der Waals surface area contributed by atoms with E-state index in [0.717, 1.165) is 28.7 Å². The van der Waals surface area contributed by atoms with Crippen LogP contribution in [0.15, 0.2) is 95.8 Å². The van der Waals surface area contributed by atoms with E-state index >= 15 is 0 Å². The molecule has 2 heterocycles. The molecule has 5 rings (SSSR count). The zero-order valence-electron chi connectivity index (χ0n) is 15.8. The van der Waals surface area contributed by atoms with E-state index in [1.54, 1.807) is 6.07 Å². The molecule has 140 valence electrons. The van der Waals surface area contributed by atoms with Crippen LogP contribution in [-0.2, 0) is 13.0 Å². The Hall–Kier alpha value is -3.79. The third kappa shape index (κ3) is 3.29. The Balaban J connectivity index is 1.76. The van der Waals surface area contributed by atoms with Crippen molar-refractivity contribution in [2.75, 3.05) is 0 Å². The Kier molecular flexibility index (Phi) is 4.37. The number of aromatic nitrogens is 3. The maximum absolute atomic E-state index is 12.9. The smallest absolute Gasteiger partial charge is 0.210 e. The molecule has 0 unspecified atom stereocenters. The van der Waals surface area contributed by atoms with Crippen LogP contribution in [0, 0.1) is 0 Å². The third-order valence-corrected chi connectivity index (χ3v) is 5.14. The second-order valence-corrected chi connectivity index (χ2v) is 7.03. The monoisotopic (exact) mass is 377 g/mol. The van der Waals surface area contributed by atoms with Gasteiger partial charge in [-0.25, -0.2) is 9.97 Å². The second kappa shape index (κ2) is 7.32. The Bertz CT molecular complexity index is 1360. The number of fused-ring (bicyclic) bond motifs is 2. The first kappa shape index (κ1) is 17.3. The molecule has 3 aromatic carbocycles. The molecule has 0 N–H and O–H groups in total. The van der Waals surface area contributed by atoms with Crippen molar-refractivity contribution >= 4 is 22.2 Å². The van der Waals surface area contributed by atoms with Crippen molar-refractivity contribution in [1.82, 2.24) is 14.5 Å². The minimum atomic E-state index is -0.104. The minimum absolute atomic E-state index is 0.104. The number of rotatable bonds is 4. The predicted molar refractivity (Wildman–Crippen MR) is 117 cm³/mol. The summed E-state index contributed by atoms with van der Waals surface area (Å²) in [4.78, 5) is 22.4. The molecule has 2 aromatic heterocycles. The van der Waals surface area contributed by atoms with Gasteiger partial charge >= 0.3 is 0 Å². The van der Waals surface area contributed by atoms with Crippen molar-refractivity contribution in [3.8, 4) is 11.3 Å². The van der Waals surface area contributed by atoms with E-state index in [0.29, 0.717) is 17.7 Å². The van der Waals surface area contributed by atoms with E-state index < -0.39 is 0 Å². The zero-order valence-corrected chi connectivity index (χ0v) is 15.8. The van der Waals surface area contributed by atoms with Crippen molar-refractivity contribution in [1.29, 1.82) is 0 Å². The fourth-order valence-corrected chi connectivity index (χ4v) is 3.69. The van der Waals surface area contributed by atoms with E-state index in [4.69, 9.17) is 4.98 Å². The van der Waals surface area contributed by atoms with Crippen molar-refractivity contribution in [3.63, 3.8) is 0 Å². The van der Waals surface area contributed by atoms with E-state index in [1.807, 2.05) is 72.8 Å². The van der Waals surface area contributed by atoms with Gasteiger partial charge in [0.15, 0.2) is 11.2 Å². The largest absolute Gasteiger partial charge is 0.323 e. The third-order valence-electron chi connectivity index (χ3n) is 5.14. The molecule has 0 amide bonds. The topological polar surface area (TPSA) is 47.8 Å². The van der Waals surface area contributed by atoms with Gasteiger partial charge in [-0.15, -0.1) is 0 Å². The molecule has 0 saturated heterocycles. The Labute approximate surface area is 168 Å². The van der Waals surface area contributed by atoms with E-state index in [2.05, 4.69) is 21.7 Å². The fraction of sp³-hybridized carbons (Fsp3) is 0.0800. The van der Waals surface area contributed by atoms with Crippen LogP contribution in [0.1, 0.15) is 5.56 Å². The summed E-state index contributed by atoms with van der Waals surface area (Å²) in [5.41, 5.74) is 5.57. The number of nitrogens with zero attached hydrogens (tertiary/aromatic N) is 3. The van der Waals surface area contributed by atoms with E-state index in [1.165, 1.54) is 5.56 Å². The van der Waals surface area contributed by atoms with Gasteiger partial charge in [-0.2, -0.15) is 0 Å². The quantitative estimate of drug-likeness (QED) is 0.421. The van der Waals surface area contributed by atoms with Crippen molar-refractivity contribution < 1.29 is 0 Å². The molecule has 0 aliphatic heterocycles. The van der Waals surface area contributed by atoms with E-state index in [9.17, 15) is 4.79 Å². The molecule has 0 bridgehead atoms. The highest BCUT2D eigenvalue weighted by Gasteiger charge is 2.14. The number of hydrogen-bond donors (Lipinski definition) is 0. The summed E-state index contributed by atoms with van der Waals surface area (Å²) in [6.07, 6.45) is 0.840. The zero-order chi connectivity index (χ0) is 19.6. The lowest BCUT2D eigenvalue weighted by Crippen LogP contribution is -2.15. The van der Waals surface area contributed by atoms with Gasteiger partial charge in [-0.05, 0) is 29.7 Å². The van der Waals surface area contributed by atoms with Crippen molar-refractivity contribution in [2.24, 2.45) is 0 Å². The first-order valence-electron chi connectivity index (χ1n) is 9.69. The summed E-state index contributed by atoms with van der Waals surface area (Å²) in [6.45, 7) is 0.706. The first-order valence-corrected chi connectivity index (χ1v) is 9.69. The molecule has 0 atom stereocenters. The van der Waals surface area contributed by atoms with Gasteiger partial charge < -0.3 is 4.57 Å². The number of para-hydroxylation sites is 2. The van der Waals surface area contributed by atoms with Crippen molar-refractivity contribution in [2.45, 2.75) is 13.0 Å². The average molecular weight is 377 g/mol. The molecule has 0 fully saturated rings. The summed E-state index contributed by atoms with van der Waals surface area (Å²) in [5, 5.41) is 0. The van der Waals surface area contributed by atoms with Crippen LogP contribution >= 0.6 is 0 Å². The Morgan fingerprint density at radius 3 is 2.07 bits per heavy atom. The second-order valence-electron chi connectivity index (χ2n) is 7.03. The summed E-state index contributed by atoms with van der Waals surface area (Å²) in [7, 11) is 0. The lowest BCUT2D eigenvalue weighted by Gasteiger charge is -2.16. The summed E-state index contributed by atoms with van der Waals surface area (Å²) in [5.74, 6) is 0. The van der Waals surface area contributed by atoms with Gasteiger partial charge in [0.1, 0.15) is 0 Å². The highest BCUT2D eigenvalue weighted by atomic mass is 16.1. The summed E-state index contributed by atoms with van der Waals surface area (Å²) >= 11 is 0. The van der Waals surface area contributed by atoms with E-state index in [-0.39, 0.29) is 5.43 Å². The summed E-state index contributed by atoms with van der Waals surface area (Å²) < 4.78 is 2.12. The van der Waals surface area contributed by atoms with Crippen LogP contribution in [0.2, 0.25) is 0 Å². The van der Waals surface area contributed by atoms with Gasteiger partial charge in [0.2, 0.25) is 5.43 Å². The van der Waals surface area contributed by atoms with Crippen LogP contribution in [0.5, 0.6) is 0 Å². The molecular formula is C25H19N3O.